The van der Waals surface area contributed by atoms with Crippen molar-refractivity contribution in [3.63, 3.8) is 0 Å². The van der Waals surface area contributed by atoms with Crippen molar-refractivity contribution in [3.8, 4) is 0 Å². The number of nitrogens with zero attached hydrogens (tertiary/aromatic N) is 3. The highest BCUT2D eigenvalue weighted by atomic mass is 16.4. The first-order chi connectivity index (χ1) is 8.83. The lowest BCUT2D eigenvalue weighted by Crippen LogP contribution is -2.25. The van der Waals surface area contributed by atoms with E-state index in [0.717, 1.165) is 30.3 Å². The molecule has 2 heterocycles. The average Bonchev–Trinajstić information content (AvgIpc) is 2.93. The first-order valence-corrected chi connectivity index (χ1v) is 7.08. The second-order valence-electron chi connectivity index (χ2n) is 5.24. The largest absolute Gasteiger partial charge is 0.419 e. The molecule has 0 aromatic carbocycles. The first kappa shape index (κ1) is 11.9. The van der Waals surface area contributed by atoms with Gasteiger partial charge in [0.05, 0.1) is 6.04 Å². The summed E-state index contributed by atoms with van der Waals surface area (Å²) >= 11 is 0. The molecule has 18 heavy (non-hydrogen) atoms. The van der Waals surface area contributed by atoms with Crippen molar-refractivity contribution < 1.29 is 4.42 Å². The summed E-state index contributed by atoms with van der Waals surface area (Å²) in [5.41, 5.74) is 1.14. The first-order valence-electron chi connectivity index (χ1n) is 7.08. The second kappa shape index (κ2) is 4.84. The fourth-order valence-corrected chi connectivity index (χ4v) is 2.88. The summed E-state index contributed by atoms with van der Waals surface area (Å²) in [6.07, 6.45) is 8.09. The summed E-state index contributed by atoms with van der Waals surface area (Å²) in [5.74, 6) is 1.53. The van der Waals surface area contributed by atoms with E-state index in [9.17, 15) is 0 Å². The molecule has 1 atom stereocenters. The molecule has 1 saturated carbocycles. The van der Waals surface area contributed by atoms with Gasteiger partial charge in [0, 0.05) is 11.6 Å². The molecule has 1 aliphatic carbocycles. The van der Waals surface area contributed by atoms with Gasteiger partial charge in [-0.3, -0.25) is 4.90 Å². The molecule has 2 aliphatic rings. The van der Waals surface area contributed by atoms with Crippen LogP contribution < -0.4 is 0 Å². The minimum atomic E-state index is 0.369. The molecule has 1 aromatic rings. The third-order valence-electron chi connectivity index (χ3n) is 4.04. The van der Waals surface area contributed by atoms with E-state index in [-0.39, 0.29) is 0 Å². The molecule has 1 aromatic heterocycles. The van der Waals surface area contributed by atoms with Crippen molar-refractivity contribution >= 4 is 5.57 Å². The molecule has 2 fully saturated rings. The fourth-order valence-electron chi connectivity index (χ4n) is 2.88. The Morgan fingerprint density at radius 3 is 2.89 bits per heavy atom. The van der Waals surface area contributed by atoms with E-state index in [1.54, 1.807) is 0 Å². The van der Waals surface area contributed by atoms with Crippen LogP contribution in [0.3, 0.4) is 0 Å². The number of hydrogen-bond donors (Lipinski definition) is 0. The highest BCUT2D eigenvalue weighted by Gasteiger charge is 2.39. The van der Waals surface area contributed by atoms with Crippen LogP contribution in [0.15, 0.2) is 10.5 Å². The monoisotopic (exact) mass is 247 g/mol. The van der Waals surface area contributed by atoms with Crippen LogP contribution in [-0.4, -0.2) is 27.7 Å². The fraction of sp³-hybridized carbons (Fsp3) is 0.714. The Morgan fingerprint density at radius 2 is 2.22 bits per heavy atom. The minimum Gasteiger partial charge on any atom is -0.419 e. The molecule has 0 N–H and O–H groups in total. The average molecular weight is 247 g/mol. The Kier molecular flexibility index (Phi) is 3.20. The second-order valence-corrected chi connectivity index (χ2v) is 5.24. The van der Waals surface area contributed by atoms with Gasteiger partial charge in [0.1, 0.15) is 0 Å². The Balaban J connectivity index is 1.80. The van der Waals surface area contributed by atoms with Gasteiger partial charge < -0.3 is 4.42 Å². The number of allylic oxidation sites excluding steroid dienone is 2. The van der Waals surface area contributed by atoms with Gasteiger partial charge in [0.15, 0.2) is 0 Å². The van der Waals surface area contributed by atoms with Gasteiger partial charge in [0.2, 0.25) is 11.8 Å². The zero-order valence-electron chi connectivity index (χ0n) is 11.2. The molecule has 0 bridgehead atoms. The molecule has 1 unspecified atom stereocenters. The maximum absolute atomic E-state index is 5.89. The zero-order valence-corrected chi connectivity index (χ0v) is 11.2. The quantitative estimate of drug-likeness (QED) is 0.819. The van der Waals surface area contributed by atoms with Crippen LogP contribution in [0.2, 0.25) is 0 Å². The predicted octanol–water partition coefficient (Wildman–Crippen LogP) is 3.18. The molecule has 0 amide bonds. The predicted molar refractivity (Wildman–Crippen MR) is 69.9 cm³/mol. The molecule has 0 spiro atoms. The lowest BCUT2D eigenvalue weighted by atomic mass is 10.2. The summed E-state index contributed by atoms with van der Waals surface area (Å²) in [7, 11) is 0. The molecule has 4 heteroatoms. The number of likely N-dealkylation sites (tertiary alicyclic amines) is 1. The van der Waals surface area contributed by atoms with Crippen LogP contribution in [0.5, 0.6) is 0 Å². The third kappa shape index (κ3) is 2.09. The van der Waals surface area contributed by atoms with Crippen molar-refractivity contribution in [1.82, 2.24) is 15.1 Å². The van der Waals surface area contributed by atoms with Crippen molar-refractivity contribution in [2.75, 3.05) is 6.54 Å². The summed E-state index contributed by atoms with van der Waals surface area (Å²) in [4.78, 5) is 2.55. The standard InChI is InChI=1S/C14H21N3O/c1-3-10(4-2)13-15-16-14(18-13)12-6-5-9-17(12)11-7-8-11/h3,11-12H,4-9H2,1-2H3/b10-3+. The minimum absolute atomic E-state index is 0.369. The van der Waals surface area contributed by atoms with Crippen molar-refractivity contribution in [2.24, 2.45) is 0 Å². The SMILES string of the molecule is C/C=C(\CC)c1nnc(C2CCCN2C2CC2)o1. The highest BCUT2D eigenvalue weighted by molar-refractivity contribution is 5.57. The van der Waals surface area contributed by atoms with Crippen LogP contribution >= 0.6 is 0 Å². The smallest absolute Gasteiger partial charge is 0.243 e. The molecule has 1 saturated heterocycles. The Hall–Kier alpha value is -1.16. The van der Waals surface area contributed by atoms with Crippen molar-refractivity contribution in [1.29, 1.82) is 0 Å². The number of rotatable bonds is 4. The van der Waals surface area contributed by atoms with E-state index in [1.165, 1.54) is 25.8 Å². The summed E-state index contributed by atoms with van der Waals surface area (Å²) < 4.78 is 5.89. The van der Waals surface area contributed by atoms with Gasteiger partial charge in [-0.25, -0.2) is 0 Å². The summed E-state index contributed by atoms with van der Waals surface area (Å²) in [6.45, 7) is 5.33. The normalized spacial score (nSPS) is 25.9. The lowest BCUT2D eigenvalue weighted by Gasteiger charge is -2.20. The molecule has 1 aliphatic heterocycles. The van der Waals surface area contributed by atoms with Crippen LogP contribution in [0, 0.1) is 0 Å². The molecular formula is C14H21N3O. The van der Waals surface area contributed by atoms with Gasteiger partial charge >= 0.3 is 0 Å². The van der Waals surface area contributed by atoms with Crippen LogP contribution in [-0.2, 0) is 0 Å². The molecular weight excluding hydrogens is 226 g/mol. The topological polar surface area (TPSA) is 42.2 Å². The van der Waals surface area contributed by atoms with Gasteiger partial charge in [0.25, 0.3) is 0 Å². The Labute approximate surface area is 108 Å². The zero-order chi connectivity index (χ0) is 12.5. The summed E-state index contributed by atoms with van der Waals surface area (Å²) in [5, 5.41) is 8.48. The lowest BCUT2D eigenvalue weighted by molar-refractivity contribution is 0.212. The maximum atomic E-state index is 5.89. The third-order valence-corrected chi connectivity index (χ3v) is 4.04. The van der Waals surface area contributed by atoms with Crippen LogP contribution in [0.25, 0.3) is 5.57 Å². The molecule has 0 radical (unpaired) electrons. The van der Waals surface area contributed by atoms with Gasteiger partial charge in [-0.1, -0.05) is 13.0 Å². The van der Waals surface area contributed by atoms with Gasteiger partial charge in [-0.2, -0.15) is 0 Å². The maximum Gasteiger partial charge on any atom is 0.243 e. The van der Waals surface area contributed by atoms with E-state index >= 15 is 0 Å². The van der Waals surface area contributed by atoms with Crippen molar-refractivity contribution in [3.05, 3.63) is 17.9 Å². The van der Waals surface area contributed by atoms with E-state index in [1.807, 2.05) is 6.92 Å². The van der Waals surface area contributed by atoms with Gasteiger partial charge in [-0.15, -0.1) is 10.2 Å². The van der Waals surface area contributed by atoms with Crippen molar-refractivity contribution in [2.45, 2.75) is 58.0 Å². The van der Waals surface area contributed by atoms with Crippen LogP contribution in [0.4, 0.5) is 0 Å². The molecule has 4 nitrogen and oxygen atoms in total. The number of hydrogen-bond acceptors (Lipinski definition) is 4. The van der Waals surface area contributed by atoms with Gasteiger partial charge in [-0.05, 0) is 45.6 Å². The number of aromatic nitrogens is 2. The van der Waals surface area contributed by atoms with E-state index < -0.39 is 0 Å². The molecule has 98 valence electrons. The molecule has 3 rings (SSSR count). The van der Waals surface area contributed by atoms with E-state index in [0.29, 0.717) is 11.9 Å². The summed E-state index contributed by atoms with van der Waals surface area (Å²) in [6, 6.07) is 1.15. The van der Waals surface area contributed by atoms with E-state index in [2.05, 4.69) is 28.1 Å². The highest BCUT2D eigenvalue weighted by Crippen LogP contribution is 2.40. The van der Waals surface area contributed by atoms with E-state index in [4.69, 9.17) is 4.42 Å². The van der Waals surface area contributed by atoms with Crippen LogP contribution in [0.1, 0.15) is 63.8 Å². The Morgan fingerprint density at radius 1 is 1.39 bits per heavy atom. The Bertz CT molecular complexity index is 448.